The second-order valence-corrected chi connectivity index (χ2v) is 20.9. The van der Waals surface area contributed by atoms with Gasteiger partial charge in [-0.25, -0.2) is 26.3 Å². The average Bonchev–Trinajstić information content (AvgIpc) is 3.20. The van der Waals surface area contributed by atoms with Crippen molar-refractivity contribution in [2.24, 2.45) is 11.5 Å². The van der Waals surface area contributed by atoms with E-state index in [1.54, 1.807) is 0 Å². The van der Waals surface area contributed by atoms with Crippen molar-refractivity contribution in [3.8, 4) is 0 Å². The minimum Gasteiger partial charge on any atom is -0.479 e. The lowest BCUT2D eigenvalue weighted by Crippen LogP contribution is -2.71. The minimum absolute atomic E-state index is 0.000000000000000222. The zero-order valence-corrected chi connectivity index (χ0v) is 41.1. The number of amides is 1. The second kappa shape index (κ2) is 25.6. The van der Waals surface area contributed by atoms with Gasteiger partial charge in [0.1, 0.15) is 73.1 Å². The molecule has 0 saturated carbocycles. The van der Waals surface area contributed by atoms with Crippen molar-refractivity contribution in [1.29, 1.82) is 0 Å². The third kappa shape index (κ3) is 19.1. The van der Waals surface area contributed by atoms with Crippen LogP contribution in [-0.2, 0) is 116 Å². The number of thiocarbonyl (C=S) groups is 1. The Morgan fingerprint density at radius 2 is 1.00 bits per heavy atom. The molecule has 74 heavy (non-hydrogen) atoms. The van der Waals surface area contributed by atoms with E-state index < -0.39 is 206 Å². The van der Waals surface area contributed by atoms with Crippen molar-refractivity contribution in [2.45, 2.75) is 130 Å². The molecule has 4 fully saturated rings. The van der Waals surface area contributed by atoms with Crippen molar-refractivity contribution in [3.05, 3.63) is 0 Å². The summed E-state index contributed by atoms with van der Waals surface area (Å²) < 4.78 is 222. The zero-order chi connectivity index (χ0) is 57.0. The van der Waals surface area contributed by atoms with Gasteiger partial charge < -0.3 is 90.8 Å². The fraction of sp³-hybridized carbons (Fsp3) is 0.852. The van der Waals surface area contributed by atoms with Crippen LogP contribution in [0.2, 0.25) is 0 Å². The number of carbonyl (C=O) groups is 3. The van der Waals surface area contributed by atoms with Crippen molar-refractivity contribution in [1.82, 2.24) is 10.0 Å². The second-order valence-electron chi connectivity index (χ2n) is 15.0. The molecule has 1 amide bonds. The number of carboxylic acids is 2. The minimum atomic E-state index is -6.09. The fourth-order valence-electron chi connectivity index (χ4n) is 7.05. The van der Waals surface area contributed by atoms with Gasteiger partial charge >= 0.3 is 63.8 Å². The van der Waals surface area contributed by atoms with E-state index in [0.717, 1.165) is 6.92 Å². The predicted octanol–water partition coefficient (Wildman–Crippen LogP) is -11.5. The Labute approximate surface area is 420 Å². The smallest absolute Gasteiger partial charge is 0.397 e. The molecule has 0 aromatic carbocycles. The van der Waals surface area contributed by atoms with E-state index in [9.17, 15) is 116 Å². The van der Waals surface area contributed by atoms with E-state index in [0.29, 0.717) is 0 Å². The summed E-state index contributed by atoms with van der Waals surface area (Å²) in [6.45, 7) is -2.24. The van der Waals surface area contributed by atoms with Gasteiger partial charge in [0.15, 0.2) is 54.7 Å². The van der Waals surface area contributed by atoms with Gasteiger partial charge in [0.25, 0.3) is 0 Å². The highest BCUT2D eigenvalue weighted by Crippen LogP contribution is 2.37. The first-order chi connectivity index (χ1) is 33.5. The summed E-state index contributed by atoms with van der Waals surface area (Å²) in [6.07, 6.45) is -49.1. The van der Waals surface area contributed by atoms with Crippen LogP contribution in [0, 0.1) is 0 Å². The molecule has 4 aliphatic heterocycles. The monoisotopic (exact) mass is 1210 g/mol. The highest BCUT2D eigenvalue weighted by molar-refractivity contribution is 7.83. The van der Waals surface area contributed by atoms with E-state index in [4.69, 9.17) is 37.7 Å². The number of carboxylic acid groups (broad SMARTS) is 2. The molecule has 47 heteroatoms. The summed E-state index contributed by atoms with van der Waals surface area (Å²) in [5.74, 6) is -5.49. The van der Waals surface area contributed by atoms with Gasteiger partial charge in [-0.2, -0.15) is 46.8 Å². The zero-order valence-electron chi connectivity index (χ0n) is 36.2. The number of aliphatic hydroxyl groups excluding tert-OH is 6. The lowest BCUT2D eigenvalue weighted by molar-refractivity contribution is -0.366. The number of nitrogens with two attached hydrogens (primary N) is 2. The van der Waals surface area contributed by atoms with Gasteiger partial charge in [-0.15, -0.1) is 0 Å². The Morgan fingerprint density at radius 3 is 1.43 bits per heavy atom. The SMILES string of the molecule is CC(=O)N[C@@H]1[C@@H](O)[C@H](O[C@@H]2O[C@H](C(=O)O)[C@@H](O[C@@H]3O[C@H](CO)[C@@H](O[C@H]4O[C@@H](C(=O)O)[C@H](O)[C@@H](O)[C@@H]4OS(=O)(=O)O)[C@H](OS(=O)(=O)O)[C@H]3NS(=O)(=O)O)[C@H](O)[C@H]2OS(=O)(=O)O)[C@H](COS(=O)(=O)O)O[C@H]1O.NC(N)=S. The van der Waals surface area contributed by atoms with Crippen molar-refractivity contribution in [2.75, 3.05) is 13.2 Å². The summed E-state index contributed by atoms with van der Waals surface area (Å²) in [6, 6.07) is -4.96. The molecule has 20 atom stereocenters. The molecule has 4 heterocycles. The van der Waals surface area contributed by atoms with Crippen molar-refractivity contribution >= 4 is 87.1 Å². The van der Waals surface area contributed by atoms with Crippen LogP contribution in [0.4, 0.5) is 0 Å². The lowest BCUT2D eigenvalue weighted by Gasteiger charge is -2.50. The number of hydrogen-bond donors (Lipinski definition) is 17. The highest BCUT2D eigenvalue weighted by Gasteiger charge is 2.60. The molecule has 0 radical (unpaired) electrons. The topological polar surface area (TPSA) is 663 Å². The third-order valence-corrected chi connectivity index (χ3v) is 12.1. The number of aliphatic carboxylic acids is 2. The van der Waals surface area contributed by atoms with Crippen LogP contribution in [0.15, 0.2) is 0 Å². The molecule has 4 aliphatic rings. The normalized spacial score (nSPS) is 37.4. The molecule has 41 nitrogen and oxygen atoms in total. The van der Waals surface area contributed by atoms with Crippen molar-refractivity contribution < 1.29 is 170 Å². The molecule has 0 aromatic rings. The molecule has 0 bridgehead atoms. The summed E-state index contributed by atoms with van der Waals surface area (Å²) >= 11 is 4.09. The van der Waals surface area contributed by atoms with Crippen molar-refractivity contribution in [3.63, 3.8) is 0 Å². The van der Waals surface area contributed by atoms with E-state index in [1.807, 2.05) is 5.32 Å². The number of hydrogen-bond acceptors (Lipinski definition) is 31. The van der Waals surface area contributed by atoms with Crippen LogP contribution in [0.5, 0.6) is 0 Å². The van der Waals surface area contributed by atoms with Crippen LogP contribution in [0.3, 0.4) is 0 Å². The average molecular weight is 1210 g/mol. The standard InChI is InChI=1S/C26H42N2O37S5.CH4N2S/c1-4(30)27-7-9(31)13(6(56-23(7)39)3-55-67(43,44)45)58-26-19(65-70(52,53)54)12(34)16(20(62-26)22(37)38)60-24-8(28-66(40,41)42)15(63-68(46,47)48)14(5(2-29)57-24)59-25-18(64-69(49,50)51)11(33)10(32)17(61-25)21(35)36;2-1(3)4/h5-20,23-26,28-29,31-34,39H,2-3H2,1H3,(H,27,30)(H,35,36)(H,37,38)(H,40,41,42)(H,43,44,45)(H,46,47,48)(H,49,50,51)(H,52,53,54);(H4,2,3,4)/t5-,6+,7-,8-,9-,10-,11-,12+,13-,14-,15-,16+,17-,18+,19-,20+,23-,24+,25+,26-;/m1./s1. The predicted molar refractivity (Wildman–Crippen MR) is 222 cm³/mol. The first-order valence-electron chi connectivity index (χ1n) is 19.2. The van der Waals surface area contributed by atoms with Gasteiger partial charge in [-0.05, 0) is 12.2 Å². The fourth-order valence-corrected chi connectivity index (χ4v) is 9.43. The Balaban J connectivity index is 0.00000348. The molecular formula is C27H46N4O37S6. The number of rotatable bonds is 21. The maximum Gasteiger partial charge on any atom is 0.397 e. The van der Waals surface area contributed by atoms with Crippen LogP contribution in [0.25, 0.3) is 0 Å². The summed E-state index contributed by atoms with van der Waals surface area (Å²) in [5, 5.41) is 86.0. The van der Waals surface area contributed by atoms with Gasteiger partial charge in [-0.3, -0.25) is 27.6 Å². The Kier molecular flexibility index (Phi) is 22.6. The molecule has 0 unspecified atom stereocenters. The van der Waals surface area contributed by atoms with Gasteiger partial charge in [0.2, 0.25) is 5.91 Å². The van der Waals surface area contributed by atoms with E-state index >= 15 is 0 Å². The Morgan fingerprint density at radius 1 is 0.554 bits per heavy atom. The summed E-state index contributed by atoms with van der Waals surface area (Å²) in [4.78, 5) is 36.4. The molecule has 432 valence electrons. The Hall–Kier alpha value is -3.07. The molecular weight excluding hydrogens is 1160 g/mol. The maximum absolute atomic E-state index is 12.7. The van der Waals surface area contributed by atoms with E-state index in [2.05, 4.69) is 40.4 Å². The number of nitrogens with one attached hydrogen (secondary N) is 2. The first kappa shape index (κ1) is 65.2. The van der Waals surface area contributed by atoms with E-state index in [1.165, 1.54) is 4.72 Å². The maximum atomic E-state index is 12.7. The lowest BCUT2D eigenvalue weighted by atomic mass is 9.94. The molecule has 4 saturated heterocycles. The first-order valence-corrected chi connectivity index (χ1v) is 26.6. The summed E-state index contributed by atoms with van der Waals surface area (Å²) in [7, 11) is -29.1. The number of carbonyl (C=O) groups excluding carboxylic acids is 1. The highest BCUT2D eigenvalue weighted by atomic mass is 32.3. The van der Waals surface area contributed by atoms with Crippen LogP contribution in [-0.4, -0.2) is 265 Å². The quantitative estimate of drug-likeness (QED) is 0.0375. The van der Waals surface area contributed by atoms with Gasteiger partial charge in [0.05, 0.1) is 13.2 Å². The molecule has 19 N–H and O–H groups in total. The van der Waals surface area contributed by atoms with Crippen LogP contribution < -0.4 is 21.5 Å². The molecule has 4 rings (SSSR count). The molecule has 0 spiro atoms. The van der Waals surface area contributed by atoms with E-state index in [-0.39, 0.29) is 5.11 Å². The number of aliphatic hydroxyl groups is 6. The number of ether oxygens (including phenoxy) is 7. The van der Waals surface area contributed by atoms with Crippen LogP contribution in [0.1, 0.15) is 6.92 Å². The molecule has 0 aliphatic carbocycles. The van der Waals surface area contributed by atoms with Crippen LogP contribution >= 0.6 is 12.2 Å². The Bertz CT molecular complexity index is 2560. The summed E-state index contributed by atoms with van der Waals surface area (Å²) in [5.41, 5.74) is 9.24. The molecule has 0 aromatic heterocycles. The van der Waals surface area contributed by atoms with Gasteiger partial charge in [-0.1, -0.05) is 0 Å². The third-order valence-electron chi connectivity index (χ3n) is 9.68. The largest absolute Gasteiger partial charge is 0.479 e. The van der Waals surface area contributed by atoms with Gasteiger partial charge in [0, 0.05) is 6.92 Å².